The summed E-state index contributed by atoms with van der Waals surface area (Å²) >= 11 is 3.52. The molecule has 104 valence electrons. The molecule has 5 heteroatoms. The third-order valence-electron chi connectivity index (χ3n) is 3.43. The molecule has 0 radical (unpaired) electrons. The molecule has 1 aromatic carbocycles. The standard InChI is InChI=1S/C14H21BrN4/c1-18(2)14(16)17-9-11-6-7-19(10-11)13-5-3-4-12(15)8-13/h3-5,8,11H,6-7,9-10H2,1-2H3,(H2,16,17)/t11-/m0/s1. The van der Waals surface area contributed by atoms with Gasteiger partial charge in [0.15, 0.2) is 5.96 Å². The number of guanidine groups is 1. The molecule has 2 rings (SSSR count). The number of nitrogens with two attached hydrogens (primary N) is 1. The predicted molar refractivity (Wildman–Crippen MR) is 84.6 cm³/mol. The number of hydrogen-bond acceptors (Lipinski definition) is 2. The Morgan fingerprint density at radius 2 is 2.32 bits per heavy atom. The summed E-state index contributed by atoms with van der Waals surface area (Å²) in [7, 11) is 3.84. The molecule has 0 unspecified atom stereocenters. The summed E-state index contributed by atoms with van der Waals surface area (Å²) in [5.74, 6) is 1.21. The second-order valence-corrected chi connectivity index (χ2v) is 6.09. The highest BCUT2D eigenvalue weighted by atomic mass is 79.9. The van der Waals surface area contributed by atoms with Crippen molar-refractivity contribution >= 4 is 27.6 Å². The van der Waals surface area contributed by atoms with Gasteiger partial charge in [0.05, 0.1) is 0 Å². The Balaban J connectivity index is 1.92. The molecule has 0 aromatic heterocycles. The van der Waals surface area contributed by atoms with Crippen molar-refractivity contribution in [1.29, 1.82) is 0 Å². The average Bonchev–Trinajstić information content (AvgIpc) is 2.84. The minimum absolute atomic E-state index is 0.595. The molecule has 2 N–H and O–H groups in total. The van der Waals surface area contributed by atoms with E-state index in [0.29, 0.717) is 11.9 Å². The lowest BCUT2D eigenvalue weighted by Gasteiger charge is -2.18. The van der Waals surface area contributed by atoms with Gasteiger partial charge in [-0.2, -0.15) is 0 Å². The van der Waals surface area contributed by atoms with Crippen LogP contribution in [0.2, 0.25) is 0 Å². The second kappa shape index (κ2) is 6.28. The van der Waals surface area contributed by atoms with Crippen molar-refractivity contribution in [3.63, 3.8) is 0 Å². The number of nitrogens with zero attached hydrogens (tertiary/aromatic N) is 3. The van der Waals surface area contributed by atoms with Gasteiger partial charge in [-0.1, -0.05) is 22.0 Å². The average molecular weight is 325 g/mol. The summed E-state index contributed by atoms with van der Waals surface area (Å²) in [4.78, 5) is 8.70. The van der Waals surface area contributed by atoms with Crippen LogP contribution in [0.3, 0.4) is 0 Å². The molecule has 1 heterocycles. The number of hydrogen-bond donors (Lipinski definition) is 1. The first-order chi connectivity index (χ1) is 9.06. The van der Waals surface area contributed by atoms with E-state index in [4.69, 9.17) is 5.73 Å². The van der Waals surface area contributed by atoms with Crippen molar-refractivity contribution in [3.05, 3.63) is 28.7 Å². The van der Waals surface area contributed by atoms with Crippen LogP contribution in [-0.2, 0) is 0 Å². The van der Waals surface area contributed by atoms with Gasteiger partial charge in [0.1, 0.15) is 0 Å². The number of anilines is 1. The van der Waals surface area contributed by atoms with Crippen molar-refractivity contribution in [2.24, 2.45) is 16.6 Å². The molecule has 0 spiro atoms. The van der Waals surface area contributed by atoms with Gasteiger partial charge in [-0.05, 0) is 30.5 Å². The van der Waals surface area contributed by atoms with Crippen LogP contribution in [0.1, 0.15) is 6.42 Å². The molecule has 1 fully saturated rings. The molecule has 1 aliphatic heterocycles. The van der Waals surface area contributed by atoms with E-state index in [-0.39, 0.29) is 0 Å². The number of halogens is 1. The van der Waals surface area contributed by atoms with Crippen molar-refractivity contribution in [2.45, 2.75) is 6.42 Å². The zero-order valence-corrected chi connectivity index (χ0v) is 13.1. The smallest absolute Gasteiger partial charge is 0.190 e. The molecule has 19 heavy (non-hydrogen) atoms. The van der Waals surface area contributed by atoms with Crippen molar-refractivity contribution in [3.8, 4) is 0 Å². The van der Waals surface area contributed by atoms with E-state index in [1.54, 1.807) is 0 Å². The van der Waals surface area contributed by atoms with E-state index in [2.05, 4.69) is 50.1 Å². The second-order valence-electron chi connectivity index (χ2n) is 5.17. The first-order valence-electron chi connectivity index (χ1n) is 6.54. The van der Waals surface area contributed by atoms with Crippen LogP contribution in [0.5, 0.6) is 0 Å². The van der Waals surface area contributed by atoms with Crippen LogP contribution < -0.4 is 10.6 Å². The van der Waals surface area contributed by atoms with Crippen LogP contribution >= 0.6 is 15.9 Å². The fraction of sp³-hybridized carbons (Fsp3) is 0.500. The molecule has 4 nitrogen and oxygen atoms in total. The Labute approximate surface area is 123 Å². The topological polar surface area (TPSA) is 44.9 Å². The lowest BCUT2D eigenvalue weighted by Crippen LogP contribution is -2.31. The summed E-state index contributed by atoms with van der Waals surface area (Å²) in [5, 5.41) is 0. The molecule has 0 aliphatic carbocycles. The molecule has 1 aromatic rings. The number of aliphatic imine (C=N–C) groups is 1. The Morgan fingerprint density at radius 3 is 3.00 bits per heavy atom. The Morgan fingerprint density at radius 1 is 1.53 bits per heavy atom. The molecule has 1 aliphatic rings. The first-order valence-corrected chi connectivity index (χ1v) is 7.33. The van der Waals surface area contributed by atoms with Gasteiger partial charge >= 0.3 is 0 Å². The highest BCUT2D eigenvalue weighted by molar-refractivity contribution is 9.10. The molecule has 0 amide bonds. The normalized spacial score (nSPS) is 19.8. The van der Waals surface area contributed by atoms with Gasteiger partial charge < -0.3 is 15.5 Å². The zero-order valence-electron chi connectivity index (χ0n) is 11.5. The largest absolute Gasteiger partial charge is 0.371 e. The fourth-order valence-electron chi connectivity index (χ4n) is 2.25. The molecular weight excluding hydrogens is 304 g/mol. The summed E-state index contributed by atoms with van der Waals surface area (Å²) in [6, 6.07) is 8.46. The molecule has 0 bridgehead atoms. The fourth-order valence-corrected chi connectivity index (χ4v) is 2.64. The number of rotatable bonds is 3. The summed E-state index contributed by atoms with van der Waals surface area (Å²) in [6.07, 6.45) is 1.18. The lowest BCUT2D eigenvalue weighted by molar-refractivity contribution is 0.574. The summed E-state index contributed by atoms with van der Waals surface area (Å²) < 4.78 is 1.13. The zero-order chi connectivity index (χ0) is 13.8. The van der Waals surface area contributed by atoms with E-state index in [9.17, 15) is 0 Å². The van der Waals surface area contributed by atoms with Gasteiger partial charge in [0.25, 0.3) is 0 Å². The Bertz CT molecular complexity index is 459. The predicted octanol–water partition coefficient (Wildman–Crippen LogP) is 2.15. The molecule has 1 saturated heterocycles. The van der Waals surface area contributed by atoms with Crippen LogP contribution in [0.4, 0.5) is 5.69 Å². The lowest BCUT2D eigenvalue weighted by atomic mass is 10.1. The van der Waals surface area contributed by atoms with Gasteiger partial charge in [-0.15, -0.1) is 0 Å². The van der Waals surface area contributed by atoms with Crippen molar-refractivity contribution in [1.82, 2.24) is 4.90 Å². The molecular formula is C14H21BrN4. The van der Waals surface area contributed by atoms with E-state index < -0.39 is 0 Å². The van der Waals surface area contributed by atoms with Crippen LogP contribution in [-0.4, -0.2) is 44.6 Å². The van der Waals surface area contributed by atoms with Crippen LogP contribution in [0.25, 0.3) is 0 Å². The van der Waals surface area contributed by atoms with E-state index in [1.807, 2.05) is 19.0 Å². The highest BCUT2D eigenvalue weighted by Gasteiger charge is 2.22. The Hall–Kier alpha value is -1.23. The van der Waals surface area contributed by atoms with Gasteiger partial charge in [-0.3, -0.25) is 4.99 Å². The summed E-state index contributed by atoms with van der Waals surface area (Å²) in [5.41, 5.74) is 7.10. The van der Waals surface area contributed by atoms with Gasteiger partial charge in [0, 0.05) is 43.9 Å². The maximum absolute atomic E-state index is 5.82. The van der Waals surface area contributed by atoms with Gasteiger partial charge in [0.2, 0.25) is 0 Å². The maximum atomic E-state index is 5.82. The molecule has 1 atom stereocenters. The quantitative estimate of drug-likeness (QED) is 0.684. The van der Waals surface area contributed by atoms with E-state index >= 15 is 0 Å². The monoisotopic (exact) mass is 324 g/mol. The summed E-state index contributed by atoms with van der Waals surface area (Å²) in [6.45, 7) is 2.97. The van der Waals surface area contributed by atoms with E-state index in [1.165, 1.54) is 12.1 Å². The van der Waals surface area contributed by atoms with Gasteiger partial charge in [-0.25, -0.2) is 0 Å². The Kier molecular flexibility index (Phi) is 4.69. The molecule has 0 saturated carbocycles. The van der Waals surface area contributed by atoms with E-state index in [0.717, 1.165) is 24.1 Å². The SMILES string of the molecule is CN(C)C(N)=NC[C@@H]1CCN(c2cccc(Br)c2)C1. The van der Waals surface area contributed by atoms with Crippen LogP contribution in [0, 0.1) is 5.92 Å². The maximum Gasteiger partial charge on any atom is 0.190 e. The van der Waals surface area contributed by atoms with Crippen molar-refractivity contribution < 1.29 is 0 Å². The third kappa shape index (κ3) is 3.86. The minimum Gasteiger partial charge on any atom is -0.371 e. The first kappa shape index (κ1) is 14.2. The van der Waals surface area contributed by atoms with Crippen molar-refractivity contribution in [2.75, 3.05) is 38.6 Å². The third-order valence-corrected chi connectivity index (χ3v) is 3.92. The highest BCUT2D eigenvalue weighted by Crippen LogP contribution is 2.26. The van der Waals surface area contributed by atoms with Crippen LogP contribution in [0.15, 0.2) is 33.7 Å². The minimum atomic E-state index is 0.595. The number of benzene rings is 1.